The summed E-state index contributed by atoms with van der Waals surface area (Å²) in [7, 11) is -2.25. The van der Waals surface area contributed by atoms with Gasteiger partial charge in [0.15, 0.2) is 16.9 Å². The number of rotatable bonds is 12. The van der Waals surface area contributed by atoms with Crippen molar-refractivity contribution >= 4 is 44.0 Å². The molecule has 1 aromatic carbocycles. The summed E-state index contributed by atoms with van der Waals surface area (Å²) >= 11 is 1.36. The molecule has 3 heterocycles. The Morgan fingerprint density at radius 3 is 2.68 bits per heavy atom. The Labute approximate surface area is 243 Å². The van der Waals surface area contributed by atoms with Gasteiger partial charge in [-0.3, -0.25) is 19.8 Å². The van der Waals surface area contributed by atoms with Crippen LogP contribution in [0.2, 0.25) is 0 Å². The van der Waals surface area contributed by atoms with E-state index in [9.17, 15) is 18.0 Å². The van der Waals surface area contributed by atoms with Gasteiger partial charge in [-0.15, -0.1) is 11.3 Å². The number of thiazole rings is 1. The van der Waals surface area contributed by atoms with Crippen molar-refractivity contribution in [2.45, 2.75) is 43.9 Å². The number of hydrogen-bond donors (Lipinski definition) is 2. The highest BCUT2D eigenvalue weighted by molar-refractivity contribution is 7.89. The predicted molar refractivity (Wildman–Crippen MR) is 153 cm³/mol. The van der Waals surface area contributed by atoms with Gasteiger partial charge in [-0.25, -0.2) is 18.1 Å². The summed E-state index contributed by atoms with van der Waals surface area (Å²) in [4.78, 5) is 40.2. The summed E-state index contributed by atoms with van der Waals surface area (Å²) in [5.74, 6) is -0.459. The standard InChI is InChI=1S/C26H36N6O7S2/c1-18-15-31(10-11-32(18)19(2)33)16-22-14-27-26(40-22)29-25(34)24(30-39-21-8-12-38-17-21)20-4-6-23(7-5-20)41(35,36)28-9-13-37-3/h4-7,14,18,21,28H,8-13,15-17H2,1-3H3,(H,27,29,34)/b30-24+/t18-,21+/m0/s1. The normalized spacial score (nSPS) is 20.3. The molecular formula is C26H36N6O7S2. The zero-order chi connectivity index (χ0) is 29.4. The van der Waals surface area contributed by atoms with E-state index in [0.717, 1.165) is 18.0 Å². The molecule has 2 N–H and O–H groups in total. The molecule has 2 atom stereocenters. The van der Waals surface area contributed by atoms with Crippen molar-refractivity contribution in [2.75, 3.05) is 58.4 Å². The molecule has 224 valence electrons. The van der Waals surface area contributed by atoms with Crippen LogP contribution in [0.25, 0.3) is 0 Å². The molecule has 1 aromatic heterocycles. The van der Waals surface area contributed by atoms with Gasteiger partial charge in [-0.2, -0.15) is 0 Å². The Morgan fingerprint density at radius 1 is 1.24 bits per heavy atom. The summed E-state index contributed by atoms with van der Waals surface area (Å²) in [6.07, 6.45) is 2.10. The van der Waals surface area contributed by atoms with Gasteiger partial charge in [-0.05, 0) is 19.1 Å². The molecule has 2 aromatic rings. The average molecular weight is 609 g/mol. The number of methoxy groups -OCH3 is 1. The van der Waals surface area contributed by atoms with Crippen molar-refractivity contribution < 1.29 is 32.3 Å². The molecule has 41 heavy (non-hydrogen) atoms. The lowest BCUT2D eigenvalue weighted by Gasteiger charge is -2.39. The maximum Gasteiger partial charge on any atom is 0.280 e. The Morgan fingerprint density at radius 2 is 2.02 bits per heavy atom. The van der Waals surface area contributed by atoms with Crippen LogP contribution in [0.5, 0.6) is 0 Å². The van der Waals surface area contributed by atoms with Gasteiger partial charge in [-0.1, -0.05) is 17.3 Å². The minimum absolute atomic E-state index is 0.0147. The van der Waals surface area contributed by atoms with Crippen LogP contribution >= 0.6 is 11.3 Å². The highest BCUT2D eigenvalue weighted by atomic mass is 32.2. The number of anilines is 1. The van der Waals surface area contributed by atoms with E-state index in [0.29, 0.717) is 43.4 Å². The summed E-state index contributed by atoms with van der Waals surface area (Å²) in [6.45, 7) is 7.77. The highest BCUT2D eigenvalue weighted by Crippen LogP contribution is 2.22. The van der Waals surface area contributed by atoms with Gasteiger partial charge in [0.2, 0.25) is 15.9 Å². The second-order valence-electron chi connectivity index (χ2n) is 9.83. The molecule has 0 aliphatic carbocycles. The van der Waals surface area contributed by atoms with Crippen molar-refractivity contribution in [3.8, 4) is 0 Å². The average Bonchev–Trinajstić information content (AvgIpc) is 3.61. The van der Waals surface area contributed by atoms with Crippen molar-refractivity contribution in [3.63, 3.8) is 0 Å². The third-order valence-corrected chi connectivity index (χ3v) is 9.08. The second-order valence-corrected chi connectivity index (χ2v) is 12.7. The second kappa shape index (κ2) is 14.3. The number of carbonyl (C=O) groups is 2. The molecule has 15 heteroatoms. The Kier molecular flexibility index (Phi) is 10.8. The van der Waals surface area contributed by atoms with Crippen LogP contribution in [-0.2, 0) is 40.5 Å². The number of nitrogens with zero attached hydrogens (tertiary/aromatic N) is 4. The van der Waals surface area contributed by atoms with E-state index < -0.39 is 15.9 Å². The molecule has 2 aliphatic heterocycles. The van der Waals surface area contributed by atoms with Gasteiger partial charge in [0.25, 0.3) is 5.91 Å². The van der Waals surface area contributed by atoms with E-state index in [-0.39, 0.29) is 41.8 Å². The number of benzene rings is 1. The molecule has 0 spiro atoms. The third-order valence-electron chi connectivity index (χ3n) is 6.70. The molecule has 4 rings (SSSR count). The zero-order valence-corrected chi connectivity index (χ0v) is 25.0. The fourth-order valence-corrected chi connectivity index (χ4v) is 6.42. The molecule has 2 amide bonds. The molecule has 13 nitrogen and oxygen atoms in total. The summed E-state index contributed by atoms with van der Waals surface area (Å²) < 4.78 is 37.7. The van der Waals surface area contributed by atoms with Gasteiger partial charge in [0, 0.05) is 75.9 Å². The summed E-state index contributed by atoms with van der Waals surface area (Å²) in [5, 5.41) is 7.33. The SMILES string of the molecule is COCCNS(=O)(=O)c1ccc(/C(=N\O[C@@H]2CCOC2)C(=O)Nc2ncc(CN3CCN(C(C)=O)[C@@H](C)C3)s2)cc1. The van der Waals surface area contributed by atoms with Crippen LogP contribution < -0.4 is 10.0 Å². The van der Waals surface area contributed by atoms with Crippen LogP contribution in [0.3, 0.4) is 0 Å². The van der Waals surface area contributed by atoms with Crippen molar-refractivity contribution in [1.29, 1.82) is 0 Å². The molecule has 0 bridgehead atoms. The van der Waals surface area contributed by atoms with Crippen molar-refractivity contribution in [1.82, 2.24) is 19.5 Å². The minimum Gasteiger partial charge on any atom is -0.389 e. The van der Waals surface area contributed by atoms with Crippen LogP contribution in [0, 0.1) is 0 Å². The van der Waals surface area contributed by atoms with Crippen molar-refractivity contribution in [2.24, 2.45) is 5.16 Å². The van der Waals surface area contributed by atoms with E-state index >= 15 is 0 Å². The molecule has 2 aliphatic rings. The lowest BCUT2D eigenvalue weighted by atomic mass is 10.1. The van der Waals surface area contributed by atoms with E-state index in [1.54, 1.807) is 13.1 Å². The fourth-order valence-electron chi connectivity index (χ4n) is 4.56. The zero-order valence-electron chi connectivity index (χ0n) is 23.4. The molecule has 2 saturated heterocycles. The first kappa shape index (κ1) is 31.0. The predicted octanol–water partition coefficient (Wildman–Crippen LogP) is 1.27. The number of nitrogens with one attached hydrogen (secondary N) is 2. The van der Waals surface area contributed by atoms with E-state index in [1.807, 2.05) is 11.8 Å². The largest absolute Gasteiger partial charge is 0.389 e. The minimum atomic E-state index is -3.74. The smallest absolute Gasteiger partial charge is 0.280 e. The number of ether oxygens (including phenoxy) is 2. The van der Waals surface area contributed by atoms with Gasteiger partial charge >= 0.3 is 0 Å². The van der Waals surface area contributed by atoms with Gasteiger partial charge < -0.3 is 19.2 Å². The quantitative estimate of drug-likeness (QED) is 0.206. The van der Waals surface area contributed by atoms with E-state index in [4.69, 9.17) is 14.3 Å². The summed E-state index contributed by atoms with van der Waals surface area (Å²) in [6, 6.07) is 5.94. The van der Waals surface area contributed by atoms with Crippen LogP contribution in [0.1, 0.15) is 30.7 Å². The Bertz CT molecular complexity index is 1330. The van der Waals surface area contributed by atoms with Gasteiger partial charge in [0.05, 0.1) is 24.7 Å². The Hall–Kier alpha value is -2.95. The molecule has 0 radical (unpaired) electrons. The first-order valence-corrected chi connectivity index (χ1v) is 15.6. The number of carbonyl (C=O) groups excluding carboxylic acids is 2. The lowest BCUT2D eigenvalue weighted by molar-refractivity contribution is -0.133. The number of sulfonamides is 1. The first-order chi connectivity index (χ1) is 19.7. The van der Waals surface area contributed by atoms with Crippen LogP contribution in [0.4, 0.5) is 5.13 Å². The van der Waals surface area contributed by atoms with E-state index in [2.05, 4.69) is 25.1 Å². The highest BCUT2D eigenvalue weighted by Gasteiger charge is 2.26. The maximum absolute atomic E-state index is 13.3. The molecule has 0 saturated carbocycles. The topological polar surface area (TPSA) is 152 Å². The van der Waals surface area contributed by atoms with Crippen LogP contribution in [0.15, 0.2) is 40.5 Å². The number of oxime groups is 1. The number of hydrogen-bond acceptors (Lipinski definition) is 11. The molecule has 2 fully saturated rings. The molecule has 0 unspecified atom stereocenters. The maximum atomic E-state index is 13.3. The number of piperazine rings is 1. The lowest BCUT2D eigenvalue weighted by Crippen LogP contribution is -2.52. The number of amides is 2. The van der Waals surface area contributed by atoms with Crippen LogP contribution in [-0.4, -0.2) is 106 Å². The van der Waals surface area contributed by atoms with E-state index in [1.165, 1.54) is 42.7 Å². The fraction of sp³-hybridized carbons (Fsp3) is 0.538. The van der Waals surface area contributed by atoms with Crippen molar-refractivity contribution in [3.05, 3.63) is 40.9 Å². The number of aromatic nitrogens is 1. The molecular weight excluding hydrogens is 572 g/mol. The first-order valence-electron chi connectivity index (χ1n) is 13.3. The monoisotopic (exact) mass is 608 g/mol. The van der Waals surface area contributed by atoms with Gasteiger partial charge in [0.1, 0.15) is 0 Å². The third kappa shape index (κ3) is 8.53. The Balaban J connectivity index is 1.44. The summed E-state index contributed by atoms with van der Waals surface area (Å²) in [5.41, 5.74) is 0.366.